The minimum Gasteiger partial charge on any atom is -0.489 e. The molecular weight excluding hydrogens is 274 g/mol. The lowest BCUT2D eigenvalue weighted by molar-refractivity contribution is -0.384. The molecular formula is C15H13NO5. The van der Waals surface area contributed by atoms with E-state index in [2.05, 4.69) is 4.74 Å². The standard InChI is InChI=1S/C15H13NO5/c1-20-15(17)12-4-8-14(9-5-12)21-10-11-2-6-13(7-3-11)16(18)19/h2-9H,10H2,1H3. The second-order valence-electron chi connectivity index (χ2n) is 4.23. The number of esters is 1. The second-order valence-corrected chi connectivity index (χ2v) is 4.23. The second kappa shape index (κ2) is 6.51. The predicted octanol–water partition coefficient (Wildman–Crippen LogP) is 2.96. The molecule has 0 aromatic heterocycles. The SMILES string of the molecule is COC(=O)c1ccc(OCc2ccc([N+](=O)[O-])cc2)cc1. The first-order valence-electron chi connectivity index (χ1n) is 6.14. The van der Waals surface area contributed by atoms with Gasteiger partial charge in [0.05, 0.1) is 17.6 Å². The Kier molecular flexibility index (Phi) is 4.50. The van der Waals surface area contributed by atoms with Gasteiger partial charge in [-0.05, 0) is 42.0 Å². The van der Waals surface area contributed by atoms with E-state index in [0.717, 1.165) is 5.56 Å². The molecule has 0 bridgehead atoms. The summed E-state index contributed by atoms with van der Waals surface area (Å²) in [5.41, 5.74) is 1.30. The first kappa shape index (κ1) is 14.5. The number of rotatable bonds is 5. The third-order valence-electron chi connectivity index (χ3n) is 2.83. The zero-order chi connectivity index (χ0) is 15.2. The molecule has 0 atom stereocenters. The van der Waals surface area contributed by atoms with Crippen LogP contribution in [-0.2, 0) is 11.3 Å². The minimum absolute atomic E-state index is 0.0428. The van der Waals surface area contributed by atoms with Crippen molar-refractivity contribution in [3.8, 4) is 5.75 Å². The van der Waals surface area contributed by atoms with Crippen LogP contribution in [0.25, 0.3) is 0 Å². The van der Waals surface area contributed by atoms with Gasteiger partial charge in [0, 0.05) is 12.1 Å². The number of nitro benzene ring substituents is 1. The molecule has 0 aliphatic heterocycles. The van der Waals surface area contributed by atoms with Crippen LogP contribution in [-0.4, -0.2) is 18.0 Å². The topological polar surface area (TPSA) is 78.7 Å². The number of non-ortho nitro benzene ring substituents is 1. The van der Waals surface area contributed by atoms with E-state index in [4.69, 9.17) is 4.74 Å². The van der Waals surface area contributed by atoms with Crippen LogP contribution in [0.15, 0.2) is 48.5 Å². The van der Waals surface area contributed by atoms with Crippen molar-refractivity contribution in [2.45, 2.75) is 6.61 Å². The third-order valence-corrected chi connectivity index (χ3v) is 2.83. The van der Waals surface area contributed by atoms with E-state index < -0.39 is 10.9 Å². The van der Waals surface area contributed by atoms with Crippen LogP contribution in [0.1, 0.15) is 15.9 Å². The zero-order valence-electron chi connectivity index (χ0n) is 11.3. The number of benzene rings is 2. The Morgan fingerprint density at radius 1 is 1.10 bits per heavy atom. The fourth-order valence-electron chi connectivity index (χ4n) is 1.69. The Bertz CT molecular complexity index is 634. The number of carbonyl (C=O) groups excluding carboxylic acids is 1. The van der Waals surface area contributed by atoms with Crippen molar-refractivity contribution in [2.24, 2.45) is 0 Å². The summed E-state index contributed by atoms with van der Waals surface area (Å²) in [6.07, 6.45) is 0. The van der Waals surface area contributed by atoms with E-state index in [1.54, 1.807) is 36.4 Å². The molecule has 6 heteroatoms. The molecule has 108 valence electrons. The molecule has 6 nitrogen and oxygen atoms in total. The quantitative estimate of drug-likeness (QED) is 0.480. The van der Waals surface area contributed by atoms with Crippen LogP contribution in [0, 0.1) is 10.1 Å². The highest BCUT2D eigenvalue weighted by Crippen LogP contribution is 2.16. The Morgan fingerprint density at radius 2 is 1.71 bits per heavy atom. The Morgan fingerprint density at radius 3 is 2.24 bits per heavy atom. The fourth-order valence-corrected chi connectivity index (χ4v) is 1.69. The molecule has 2 aromatic carbocycles. The van der Waals surface area contributed by atoms with Crippen molar-refractivity contribution in [3.63, 3.8) is 0 Å². The molecule has 2 rings (SSSR count). The molecule has 0 N–H and O–H groups in total. The van der Waals surface area contributed by atoms with Crippen molar-refractivity contribution in [2.75, 3.05) is 7.11 Å². The molecule has 0 saturated heterocycles. The van der Waals surface area contributed by atoms with Crippen LogP contribution >= 0.6 is 0 Å². The number of carbonyl (C=O) groups is 1. The lowest BCUT2D eigenvalue weighted by Crippen LogP contribution is -2.01. The van der Waals surface area contributed by atoms with Gasteiger partial charge in [0.25, 0.3) is 5.69 Å². The average Bonchev–Trinajstić information content (AvgIpc) is 2.53. The van der Waals surface area contributed by atoms with E-state index in [9.17, 15) is 14.9 Å². The van der Waals surface area contributed by atoms with Crippen molar-refractivity contribution in [1.29, 1.82) is 0 Å². The van der Waals surface area contributed by atoms with Crippen molar-refractivity contribution >= 4 is 11.7 Å². The molecule has 21 heavy (non-hydrogen) atoms. The summed E-state index contributed by atoms with van der Waals surface area (Å²) >= 11 is 0. The Labute approximate surface area is 121 Å². The highest BCUT2D eigenvalue weighted by Gasteiger charge is 2.06. The highest BCUT2D eigenvalue weighted by molar-refractivity contribution is 5.89. The average molecular weight is 287 g/mol. The molecule has 0 radical (unpaired) electrons. The summed E-state index contributed by atoms with van der Waals surface area (Å²) < 4.78 is 10.1. The summed E-state index contributed by atoms with van der Waals surface area (Å²) in [5.74, 6) is 0.193. The lowest BCUT2D eigenvalue weighted by atomic mass is 10.2. The summed E-state index contributed by atoms with van der Waals surface area (Å²) in [5, 5.41) is 10.5. The smallest absolute Gasteiger partial charge is 0.337 e. The maximum Gasteiger partial charge on any atom is 0.337 e. The monoisotopic (exact) mass is 287 g/mol. The van der Waals surface area contributed by atoms with Gasteiger partial charge >= 0.3 is 5.97 Å². The maximum absolute atomic E-state index is 11.3. The van der Waals surface area contributed by atoms with Crippen LogP contribution in [0.2, 0.25) is 0 Å². The zero-order valence-corrected chi connectivity index (χ0v) is 11.3. The van der Waals surface area contributed by atoms with Crippen LogP contribution < -0.4 is 4.74 Å². The molecule has 0 unspecified atom stereocenters. The summed E-state index contributed by atoms with van der Waals surface area (Å²) in [6, 6.07) is 12.7. The summed E-state index contributed by atoms with van der Waals surface area (Å²) in [4.78, 5) is 21.4. The largest absolute Gasteiger partial charge is 0.489 e. The Hall–Kier alpha value is -2.89. The first-order valence-corrected chi connectivity index (χ1v) is 6.14. The Balaban J connectivity index is 1.96. The van der Waals surface area contributed by atoms with Gasteiger partial charge in [-0.25, -0.2) is 4.79 Å². The van der Waals surface area contributed by atoms with Gasteiger partial charge in [-0.15, -0.1) is 0 Å². The van der Waals surface area contributed by atoms with Gasteiger partial charge in [-0.1, -0.05) is 0 Å². The van der Waals surface area contributed by atoms with Gasteiger partial charge in [0.1, 0.15) is 12.4 Å². The maximum atomic E-state index is 11.3. The van der Waals surface area contributed by atoms with Crippen LogP contribution in [0.4, 0.5) is 5.69 Å². The number of nitrogens with zero attached hydrogens (tertiary/aromatic N) is 1. The van der Waals surface area contributed by atoms with Gasteiger partial charge in [-0.2, -0.15) is 0 Å². The molecule has 0 heterocycles. The number of ether oxygens (including phenoxy) is 2. The molecule has 0 aliphatic carbocycles. The summed E-state index contributed by atoms with van der Waals surface area (Å²) in [6.45, 7) is 0.287. The van der Waals surface area contributed by atoms with Crippen molar-refractivity contribution in [1.82, 2.24) is 0 Å². The lowest BCUT2D eigenvalue weighted by Gasteiger charge is -2.07. The number of methoxy groups -OCH3 is 1. The van der Waals surface area contributed by atoms with E-state index in [-0.39, 0.29) is 12.3 Å². The number of nitro groups is 1. The molecule has 2 aromatic rings. The number of hydrogen-bond donors (Lipinski definition) is 0. The van der Waals surface area contributed by atoms with Gasteiger partial charge in [0.15, 0.2) is 0 Å². The molecule has 0 fully saturated rings. The first-order chi connectivity index (χ1) is 10.1. The molecule has 0 amide bonds. The van der Waals surface area contributed by atoms with Gasteiger partial charge in [-0.3, -0.25) is 10.1 Å². The molecule has 0 aliphatic rings. The fraction of sp³-hybridized carbons (Fsp3) is 0.133. The van der Waals surface area contributed by atoms with Crippen LogP contribution in [0.5, 0.6) is 5.75 Å². The molecule has 0 spiro atoms. The molecule has 0 saturated carbocycles. The highest BCUT2D eigenvalue weighted by atomic mass is 16.6. The van der Waals surface area contributed by atoms with E-state index >= 15 is 0 Å². The van der Waals surface area contributed by atoms with Crippen molar-refractivity contribution < 1.29 is 19.2 Å². The van der Waals surface area contributed by atoms with E-state index in [1.165, 1.54) is 19.2 Å². The van der Waals surface area contributed by atoms with E-state index in [1.807, 2.05) is 0 Å². The summed E-state index contributed by atoms with van der Waals surface area (Å²) in [7, 11) is 1.32. The van der Waals surface area contributed by atoms with Gasteiger partial charge < -0.3 is 9.47 Å². The van der Waals surface area contributed by atoms with Crippen LogP contribution in [0.3, 0.4) is 0 Å². The predicted molar refractivity (Wildman–Crippen MR) is 75.2 cm³/mol. The van der Waals surface area contributed by atoms with Gasteiger partial charge in [0.2, 0.25) is 0 Å². The normalized spacial score (nSPS) is 9.95. The van der Waals surface area contributed by atoms with E-state index in [0.29, 0.717) is 11.3 Å². The van der Waals surface area contributed by atoms with Crippen molar-refractivity contribution in [3.05, 3.63) is 69.8 Å². The minimum atomic E-state index is -0.448. The third kappa shape index (κ3) is 3.79. The number of hydrogen-bond acceptors (Lipinski definition) is 5.